The van der Waals surface area contributed by atoms with E-state index in [-0.39, 0.29) is 0 Å². The van der Waals surface area contributed by atoms with Gasteiger partial charge in [-0.25, -0.2) is 0 Å². The number of rotatable bonds is 0. The molecule has 4 heteroatoms. The van der Waals surface area contributed by atoms with Crippen LogP contribution in [0, 0.1) is 5.41 Å². The van der Waals surface area contributed by atoms with Crippen LogP contribution in [-0.2, 0) is 0 Å². The molecule has 0 saturated carbocycles. The molecule has 0 amide bonds. The highest BCUT2D eigenvalue weighted by atomic mass is 15.5. The van der Waals surface area contributed by atoms with Crippen LogP contribution in [0.4, 0.5) is 0 Å². The molecule has 0 atom stereocenters. The molecular weight excluding hydrogens is 104 g/mol. The molecule has 0 aromatic heterocycles. The van der Waals surface area contributed by atoms with Gasteiger partial charge in [-0.2, -0.15) is 0 Å². The smallest absolute Gasteiger partial charge is 0.213 e. The summed E-state index contributed by atoms with van der Waals surface area (Å²) >= 11 is 0. The largest absolute Gasteiger partial charge is 0.330 e. The number of hydrogen-bond donors (Lipinski definition) is 3. The Balaban J connectivity index is 2.57. The minimum atomic E-state index is 0.354. The Kier molecular flexibility index (Phi) is 1.07. The lowest BCUT2D eigenvalue weighted by Gasteiger charge is -2.22. The molecule has 0 saturated heterocycles. The molecule has 0 bridgehead atoms. The van der Waals surface area contributed by atoms with Gasteiger partial charge in [-0.3, -0.25) is 10.4 Å². The third-order valence-corrected chi connectivity index (χ3v) is 0.907. The van der Waals surface area contributed by atoms with Crippen molar-refractivity contribution < 1.29 is 0 Å². The molecule has 0 aliphatic carbocycles. The van der Waals surface area contributed by atoms with Crippen LogP contribution in [-0.4, -0.2) is 18.0 Å². The highest BCUT2D eigenvalue weighted by Gasteiger charge is 2.00. The van der Waals surface area contributed by atoms with Crippen LogP contribution in [0.3, 0.4) is 0 Å². The Hall–Kier alpha value is -1.19. The monoisotopic (exact) mass is 112 g/mol. The SMILES string of the molecule is CN1NC=CNC1=N. The maximum absolute atomic E-state index is 7.10. The van der Waals surface area contributed by atoms with Crippen molar-refractivity contribution in [1.82, 2.24) is 15.8 Å². The van der Waals surface area contributed by atoms with Crippen LogP contribution in [0.1, 0.15) is 0 Å². The fourth-order valence-electron chi connectivity index (χ4n) is 0.431. The summed E-state index contributed by atoms with van der Waals surface area (Å²) in [6.07, 6.45) is 3.39. The second kappa shape index (κ2) is 1.73. The Morgan fingerprint density at radius 2 is 2.38 bits per heavy atom. The summed E-state index contributed by atoms with van der Waals surface area (Å²) in [5.74, 6) is 0.354. The Bertz CT molecular complexity index is 128. The minimum absolute atomic E-state index is 0.354. The Morgan fingerprint density at radius 3 is 2.75 bits per heavy atom. The zero-order valence-electron chi connectivity index (χ0n) is 4.60. The van der Waals surface area contributed by atoms with Gasteiger partial charge in [0.05, 0.1) is 0 Å². The summed E-state index contributed by atoms with van der Waals surface area (Å²) < 4.78 is 0. The Labute approximate surface area is 47.7 Å². The summed E-state index contributed by atoms with van der Waals surface area (Å²) in [4.78, 5) is 0. The molecule has 1 rings (SSSR count). The van der Waals surface area contributed by atoms with Gasteiger partial charge in [0.25, 0.3) is 0 Å². The van der Waals surface area contributed by atoms with Crippen molar-refractivity contribution in [3.63, 3.8) is 0 Å². The first kappa shape index (κ1) is 4.96. The first-order valence-electron chi connectivity index (χ1n) is 2.31. The van der Waals surface area contributed by atoms with Gasteiger partial charge in [0.15, 0.2) is 0 Å². The zero-order valence-corrected chi connectivity index (χ0v) is 4.60. The van der Waals surface area contributed by atoms with Crippen LogP contribution in [0.25, 0.3) is 0 Å². The van der Waals surface area contributed by atoms with E-state index in [0.717, 1.165) is 0 Å². The molecule has 8 heavy (non-hydrogen) atoms. The highest BCUT2D eigenvalue weighted by molar-refractivity contribution is 5.77. The first-order valence-corrected chi connectivity index (χ1v) is 2.31. The number of nitrogens with one attached hydrogen (secondary N) is 3. The minimum Gasteiger partial charge on any atom is -0.330 e. The molecule has 0 spiro atoms. The average Bonchev–Trinajstić information content (AvgIpc) is 1.77. The van der Waals surface area contributed by atoms with E-state index >= 15 is 0 Å². The third kappa shape index (κ3) is 0.726. The van der Waals surface area contributed by atoms with Gasteiger partial charge in [-0.15, -0.1) is 0 Å². The maximum atomic E-state index is 7.10. The van der Waals surface area contributed by atoms with Crippen LogP contribution < -0.4 is 10.7 Å². The molecule has 0 aromatic rings. The van der Waals surface area contributed by atoms with E-state index in [0.29, 0.717) is 5.96 Å². The van der Waals surface area contributed by atoms with E-state index in [1.807, 2.05) is 0 Å². The molecule has 0 fully saturated rings. The molecule has 0 unspecified atom stereocenters. The fraction of sp³-hybridized carbons (Fsp3) is 0.250. The summed E-state index contributed by atoms with van der Waals surface area (Å²) in [7, 11) is 1.76. The molecule has 44 valence electrons. The van der Waals surface area contributed by atoms with Crippen molar-refractivity contribution in [1.29, 1.82) is 5.41 Å². The van der Waals surface area contributed by atoms with E-state index in [1.54, 1.807) is 24.5 Å². The summed E-state index contributed by atoms with van der Waals surface area (Å²) in [6, 6.07) is 0. The first-order chi connectivity index (χ1) is 3.80. The molecule has 0 aromatic carbocycles. The lowest BCUT2D eigenvalue weighted by molar-refractivity contribution is 0.406. The van der Waals surface area contributed by atoms with Gasteiger partial charge in [-0.1, -0.05) is 0 Å². The molecule has 3 N–H and O–H groups in total. The van der Waals surface area contributed by atoms with Gasteiger partial charge in [0.2, 0.25) is 5.96 Å². The second-order valence-corrected chi connectivity index (χ2v) is 1.51. The van der Waals surface area contributed by atoms with Crippen LogP contribution in [0.15, 0.2) is 12.4 Å². The van der Waals surface area contributed by atoms with Gasteiger partial charge >= 0.3 is 0 Å². The number of hydrogen-bond acceptors (Lipinski definition) is 2. The third-order valence-electron chi connectivity index (χ3n) is 0.907. The van der Waals surface area contributed by atoms with Crippen LogP contribution in [0.2, 0.25) is 0 Å². The molecule has 1 aliphatic rings. The van der Waals surface area contributed by atoms with Gasteiger partial charge in [0.1, 0.15) is 0 Å². The molecule has 0 radical (unpaired) electrons. The summed E-state index contributed by atoms with van der Waals surface area (Å²) in [5.41, 5.74) is 2.80. The zero-order chi connectivity index (χ0) is 5.98. The van der Waals surface area contributed by atoms with Crippen LogP contribution in [0.5, 0.6) is 0 Å². The van der Waals surface area contributed by atoms with Gasteiger partial charge < -0.3 is 10.7 Å². The summed E-state index contributed by atoms with van der Waals surface area (Å²) in [6.45, 7) is 0. The van der Waals surface area contributed by atoms with Crippen molar-refractivity contribution >= 4 is 5.96 Å². The summed E-state index contributed by atoms with van der Waals surface area (Å²) in [5, 5.41) is 11.4. The molecule has 1 heterocycles. The highest BCUT2D eigenvalue weighted by Crippen LogP contribution is 1.80. The molecular formula is C4H8N4. The van der Waals surface area contributed by atoms with Crippen molar-refractivity contribution in [2.24, 2.45) is 0 Å². The predicted octanol–water partition coefficient (Wildman–Crippen LogP) is -0.568. The number of guanidine groups is 1. The van der Waals surface area contributed by atoms with E-state index < -0.39 is 0 Å². The van der Waals surface area contributed by atoms with E-state index in [9.17, 15) is 0 Å². The van der Waals surface area contributed by atoms with Crippen molar-refractivity contribution in [3.8, 4) is 0 Å². The van der Waals surface area contributed by atoms with Crippen LogP contribution >= 0.6 is 0 Å². The predicted molar refractivity (Wildman–Crippen MR) is 30.9 cm³/mol. The second-order valence-electron chi connectivity index (χ2n) is 1.51. The average molecular weight is 112 g/mol. The van der Waals surface area contributed by atoms with Crippen molar-refractivity contribution in [3.05, 3.63) is 12.4 Å². The number of hydrazine groups is 1. The van der Waals surface area contributed by atoms with Gasteiger partial charge in [-0.05, 0) is 0 Å². The van der Waals surface area contributed by atoms with E-state index in [1.165, 1.54) is 0 Å². The van der Waals surface area contributed by atoms with Gasteiger partial charge in [0, 0.05) is 19.4 Å². The fourth-order valence-corrected chi connectivity index (χ4v) is 0.431. The van der Waals surface area contributed by atoms with E-state index in [4.69, 9.17) is 5.41 Å². The van der Waals surface area contributed by atoms with E-state index in [2.05, 4.69) is 10.7 Å². The quantitative estimate of drug-likeness (QED) is 0.393. The van der Waals surface area contributed by atoms with Crippen molar-refractivity contribution in [2.75, 3.05) is 7.05 Å². The number of nitrogens with zero attached hydrogens (tertiary/aromatic N) is 1. The lowest BCUT2D eigenvalue weighted by atomic mass is 10.7. The topological polar surface area (TPSA) is 51.1 Å². The normalized spacial score (nSPS) is 17.6. The molecule has 1 aliphatic heterocycles. The Morgan fingerprint density at radius 1 is 1.62 bits per heavy atom. The maximum Gasteiger partial charge on any atom is 0.213 e. The standard InChI is InChI=1S/C4H8N4/c1-8-4(5)6-2-3-7-8/h2-3,7H,1H3,(H2,5,6). The van der Waals surface area contributed by atoms with Crippen molar-refractivity contribution in [2.45, 2.75) is 0 Å². The lowest BCUT2D eigenvalue weighted by Crippen LogP contribution is -2.45. The molecule has 4 nitrogen and oxygen atoms in total.